The number of nitrogens with one attached hydrogen (secondary N) is 1. The number of benzene rings is 1. The number of halogens is 1. The quantitative estimate of drug-likeness (QED) is 0.917. The Bertz CT molecular complexity index is 677. The Labute approximate surface area is 133 Å². The lowest BCUT2D eigenvalue weighted by Crippen LogP contribution is -2.32. The van der Waals surface area contributed by atoms with Crippen LogP contribution in [0, 0.1) is 12.7 Å². The van der Waals surface area contributed by atoms with E-state index in [-0.39, 0.29) is 12.4 Å². The summed E-state index contributed by atoms with van der Waals surface area (Å²) in [4.78, 5) is 16.5. The van der Waals surface area contributed by atoms with Gasteiger partial charge >= 0.3 is 6.09 Å². The molecule has 1 amide bonds. The van der Waals surface area contributed by atoms with Gasteiger partial charge < -0.3 is 10.1 Å². The van der Waals surface area contributed by atoms with E-state index >= 15 is 0 Å². The average molecular weight is 322 g/mol. The van der Waals surface area contributed by atoms with Gasteiger partial charge in [-0.2, -0.15) is 0 Å². The van der Waals surface area contributed by atoms with Crippen LogP contribution in [0.5, 0.6) is 0 Å². The molecule has 1 heterocycles. The van der Waals surface area contributed by atoms with Crippen LogP contribution in [0.1, 0.15) is 32.0 Å². The molecule has 0 radical (unpaired) electrons. The minimum absolute atomic E-state index is 0.216. The minimum Gasteiger partial charge on any atom is -0.444 e. The number of carbonyl (C=O) groups excluding carboxylic acids is 1. The lowest BCUT2D eigenvalue weighted by Gasteiger charge is -2.19. The maximum absolute atomic E-state index is 14.2. The van der Waals surface area contributed by atoms with E-state index in [1.807, 2.05) is 6.92 Å². The first kappa shape index (κ1) is 16.4. The third-order valence-electron chi connectivity index (χ3n) is 2.86. The molecule has 0 fully saturated rings. The van der Waals surface area contributed by atoms with Crippen LogP contribution in [0.2, 0.25) is 0 Å². The number of thiazole rings is 1. The molecule has 22 heavy (non-hydrogen) atoms. The maximum Gasteiger partial charge on any atom is 0.407 e. The van der Waals surface area contributed by atoms with E-state index in [1.165, 1.54) is 17.4 Å². The van der Waals surface area contributed by atoms with Crippen molar-refractivity contribution in [3.8, 4) is 10.4 Å². The number of hydrogen-bond donors (Lipinski definition) is 1. The molecule has 0 saturated heterocycles. The topological polar surface area (TPSA) is 51.2 Å². The van der Waals surface area contributed by atoms with Crippen LogP contribution in [-0.4, -0.2) is 16.7 Å². The summed E-state index contributed by atoms with van der Waals surface area (Å²) in [6.45, 7) is 7.44. The number of nitrogens with zero attached hydrogens (tertiary/aromatic N) is 1. The van der Waals surface area contributed by atoms with Gasteiger partial charge in [0.2, 0.25) is 0 Å². The van der Waals surface area contributed by atoms with E-state index in [9.17, 15) is 9.18 Å². The summed E-state index contributed by atoms with van der Waals surface area (Å²) in [6.07, 6.45) is -0.518. The molecule has 0 aliphatic rings. The molecule has 0 unspecified atom stereocenters. The van der Waals surface area contributed by atoms with Crippen molar-refractivity contribution in [2.24, 2.45) is 0 Å². The van der Waals surface area contributed by atoms with Gasteiger partial charge in [-0.3, -0.25) is 0 Å². The highest BCUT2D eigenvalue weighted by Crippen LogP contribution is 2.29. The monoisotopic (exact) mass is 322 g/mol. The molecule has 0 aliphatic carbocycles. The van der Waals surface area contributed by atoms with E-state index in [1.54, 1.807) is 38.4 Å². The van der Waals surface area contributed by atoms with Gasteiger partial charge in [-0.1, -0.05) is 12.1 Å². The highest BCUT2D eigenvalue weighted by Gasteiger charge is 2.16. The van der Waals surface area contributed by atoms with Crippen LogP contribution >= 0.6 is 11.3 Å². The van der Waals surface area contributed by atoms with Crippen molar-refractivity contribution >= 4 is 17.4 Å². The van der Waals surface area contributed by atoms with Crippen LogP contribution in [-0.2, 0) is 11.3 Å². The maximum atomic E-state index is 14.2. The molecule has 118 valence electrons. The number of alkyl carbamates (subject to hydrolysis) is 1. The van der Waals surface area contributed by atoms with Crippen molar-refractivity contribution in [3.63, 3.8) is 0 Å². The number of hydrogen-bond acceptors (Lipinski definition) is 4. The van der Waals surface area contributed by atoms with Gasteiger partial charge in [-0.25, -0.2) is 14.2 Å². The average Bonchev–Trinajstić information content (AvgIpc) is 2.81. The summed E-state index contributed by atoms with van der Waals surface area (Å²) in [5.74, 6) is -0.323. The Balaban J connectivity index is 2.04. The standard InChI is InChI=1S/C16H19FN2O2S/c1-10-14(22-9-19-10)12-6-5-11(7-13(12)17)8-18-15(20)21-16(2,3)4/h5-7,9H,8H2,1-4H3,(H,18,20). The molecule has 1 aromatic heterocycles. The molecule has 4 nitrogen and oxygen atoms in total. The Morgan fingerprint density at radius 2 is 2.14 bits per heavy atom. The second-order valence-corrected chi connectivity index (χ2v) is 6.79. The van der Waals surface area contributed by atoms with E-state index < -0.39 is 11.7 Å². The summed E-state index contributed by atoms with van der Waals surface area (Å²) in [5, 5.41) is 2.61. The Hall–Kier alpha value is -1.95. The van der Waals surface area contributed by atoms with Crippen molar-refractivity contribution in [2.45, 2.75) is 39.8 Å². The molecular weight excluding hydrogens is 303 g/mol. The molecule has 6 heteroatoms. The van der Waals surface area contributed by atoms with Crippen LogP contribution in [0.3, 0.4) is 0 Å². The number of carbonyl (C=O) groups is 1. The summed E-state index contributed by atoms with van der Waals surface area (Å²) in [7, 11) is 0. The van der Waals surface area contributed by atoms with Crippen molar-refractivity contribution in [1.29, 1.82) is 0 Å². The largest absolute Gasteiger partial charge is 0.444 e. The van der Waals surface area contributed by atoms with E-state index in [0.29, 0.717) is 11.1 Å². The molecule has 2 rings (SSSR count). The summed E-state index contributed by atoms with van der Waals surface area (Å²) >= 11 is 1.41. The van der Waals surface area contributed by atoms with Crippen LogP contribution in [0.4, 0.5) is 9.18 Å². The second kappa shape index (κ2) is 6.44. The normalized spacial score (nSPS) is 11.3. The Morgan fingerprint density at radius 1 is 1.41 bits per heavy atom. The molecule has 0 aliphatic heterocycles. The predicted octanol–water partition coefficient (Wildman–Crippen LogP) is 4.28. The summed E-state index contributed by atoms with van der Waals surface area (Å²) < 4.78 is 19.4. The van der Waals surface area contributed by atoms with Gasteiger partial charge in [0, 0.05) is 12.1 Å². The van der Waals surface area contributed by atoms with Crippen molar-refractivity contribution in [2.75, 3.05) is 0 Å². The van der Waals surface area contributed by atoms with Crippen molar-refractivity contribution in [3.05, 3.63) is 40.8 Å². The van der Waals surface area contributed by atoms with Gasteiger partial charge in [0.1, 0.15) is 11.4 Å². The van der Waals surface area contributed by atoms with Crippen molar-refractivity contribution < 1.29 is 13.9 Å². The van der Waals surface area contributed by atoms with Gasteiger partial charge in [0.05, 0.1) is 16.1 Å². The fraction of sp³-hybridized carbons (Fsp3) is 0.375. The molecule has 1 aromatic carbocycles. The molecular formula is C16H19FN2O2S. The van der Waals surface area contributed by atoms with E-state index in [0.717, 1.165) is 10.6 Å². The summed E-state index contributed by atoms with van der Waals surface area (Å²) in [6, 6.07) is 4.92. The Kier molecular flexibility index (Phi) is 4.81. The van der Waals surface area contributed by atoms with Crippen LogP contribution < -0.4 is 5.32 Å². The zero-order valence-corrected chi connectivity index (χ0v) is 13.9. The minimum atomic E-state index is -0.553. The highest BCUT2D eigenvalue weighted by atomic mass is 32.1. The first-order chi connectivity index (χ1) is 10.3. The number of amides is 1. The fourth-order valence-electron chi connectivity index (χ4n) is 1.90. The molecule has 1 N–H and O–H groups in total. The van der Waals surface area contributed by atoms with Gasteiger partial charge in [0.25, 0.3) is 0 Å². The SMILES string of the molecule is Cc1ncsc1-c1ccc(CNC(=O)OC(C)(C)C)cc1F. The zero-order chi connectivity index (χ0) is 16.3. The molecule has 0 atom stereocenters. The smallest absolute Gasteiger partial charge is 0.407 e. The third kappa shape index (κ3) is 4.27. The third-order valence-corrected chi connectivity index (χ3v) is 3.82. The molecule has 0 spiro atoms. The first-order valence-electron chi connectivity index (χ1n) is 6.92. The Morgan fingerprint density at radius 3 is 2.68 bits per heavy atom. The zero-order valence-electron chi connectivity index (χ0n) is 13.1. The lowest BCUT2D eigenvalue weighted by molar-refractivity contribution is 0.0523. The number of rotatable bonds is 3. The van der Waals surface area contributed by atoms with E-state index in [2.05, 4.69) is 10.3 Å². The molecule has 0 bridgehead atoms. The predicted molar refractivity (Wildman–Crippen MR) is 85.3 cm³/mol. The lowest BCUT2D eigenvalue weighted by atomic mass is 10.1. The fourth-order valence-corrected chi connectivity index (χ4v) is 2.73. The number of aryl methyl sites for hydroxylation is 1. The van der Waals surface area contributed by atoms with Gasteiger partial charge in [-0.05, 0) is 39.3 Å². The van der Waals surface area contributed by atoms with Gasteiger partial charge in [-0.15, -0.1) is 11.3 Å². The van der Waals surface area contributed by atoms with Crippen LogP contribution in [0.15, 0.2) is 23.7 Å². The molecule has 0 saturated carbocycles. The second-order valence-electron chi connectivity index (χ2n) is 5.94. The number of aromatic nitrogens is 1. The van der Waals surface area contributed by atoms with Crippen molar-refractivity contribution in [1.82, 2.24) is 10.3 Å². The van der Waals surface area contributed by atoms with Gasteiger partial charge in [0.15, 0.2) is 0 Å². The first-order valence-corrected chi connectivity index (χ1v) is 7.80. The van der Waals surface area contributed by atoms with E-state index in [4.69, 9.17) is 4.74 Å². The van der Waals surface area contributed by atoms with Crippen LogP contribution in [0.25, 0.3) is 10.4 Å². The number of ether oxygens (including phenoxy) is 1. The summed E-state index contributed by atoms with van der Waals surface area (Å²) in [5.41, 5.74) is 3.16. The highest BCUT2D eigenvalue weighted by molar-refractivity contribution is 7.13. The molecule has 2 aromatic rings.